The van der Waals surface area contributed by atoms with E-state index in [9.17, 15) is 0 Å². The first-order chi connectivity index (χ1) is 17.2. The summed E-state index contributed by atoms with van der Waals surface area (Å²) in [6.45, 7) is 4.59. The van der Waals surface area contributed by atoms with Crippen molar-refractivity contribution in [1.82, 2.24) is 0 Å². The van der Waals surface area contributed by atoms with Gasteiger partial charge in [-0.3, -0.25) is 0 Å². The van der Waals surface area contributed by atoms with Gasteiger partial charge in [-0.15, -0.1) is 0 Å². The molecule has 0 spiro atoms. The van der Waals surface area contributed by atoms with Crippen molar-refractivity contribution in [2.45, 2.75) is 51.6 Å². The van der Waals surface area contributed by atoms with E-state index in [4.69, 9.17) is 4.12 Å². The maximum Gasteiger partial charge on any atom is 0.245 e. The van der Waals surface area contributed by atoms with Gasteiger partial charge in [-0.05, 0) is 32.8 Å². The van der Waals surface area contributed by atoms with Gasteiger partial charge in [0.15, 0.2) is 0 Å². The maximum atomic E-state index is 8.05. The second-order valence-corrected chi connectivity index (χ2v) is 16.9. The van der Waals surface area contributed by atoms with Crippen molar-refractivity contribution in [3.8, 4) is 0 Å². The van der Waals surface area contributed by atoms with Crippen LogP contribution >= 0.6 is 0 Å². The van der Waals surface area contributed by atoms with Gasteiger partial charge >= 0.3 is 0 Å². The van der Waals surface area contributed by atoms with Crippen LogP contribution in [0.5, 0.6) is 0 Å². The summed E-state index contributed by atoms with van der Waals surface area (Å²) in [4.78, 5) is 0. The van der Waals surface area contributed by atoms with Crippen LogP contribution in [0.3, 0.4) is 0 Å². The van der Waals surface area contributed by atoms with E-state index in [0.717, 1.165) is 37.8 Å². The summed E-state index contributed by atoms with van der Waals surface area (Å²) >= 11 is 0. The van der Waals surface area contributed by atoms with Crippen molar-refractivity contribution in [2.24, 2.45) is 0 Å². The molecule has 3 heteroatoms. The summed E-state index contributed by atoms with van der Waals surface area (Å²) in [6, 6.07) is 46.8. The van der Waals surface area contributed by atoms with Gasteiger partial charge in [0, 0.05) is 0 Å². The summed E-state index contributed by atoms with van der Waals surface area (Å²) in [5, 5.41) is 5.56. The average Bonchev–Trinajstić information content (AvgIpc) is 2.95. The average molecular weight is 495 g/mol. The molecule has 180 valence electrons. The minimum Gasteiger partial charge on any atom is -0.442 e. The number of benzene rings is 4. The second kappa shape index (κ2) is 12.3. The topological polar surface area (TPSA) is 9.23 Å². The third kappa shape index (κ3) is 5.58. The number of rotatable bonds is 12. The fraction of sp³-hybridized carbons (Fsp3) is 0.250. The van der Waals surface area contributed by atoms with Crippen LogP contribution in [-0.2, 0) is 4.12 Å². The molecule has 1 nitrogen and oxygen atoms in total. The Hall–Kier alpha value is -2.73. The SMILES string of the molecule is CCCC[Si](O[Si](CCCC)(c1ccccc1)c1ccccc1)(c1ccccc1)c1ccccc1. The smallest absolute Gasteiger partial charge is 0.245 e. The molecule has 0 amide bonds. The monoisotopic (exact) mass is 494 g/mol. The first-order valence-corrected chi connectivity index (χ1v) is 17.4. The third-order valence-electron chi connectivity index (χ3n) is 7.07. The van der Waals surface area contributed by atoms with Gasteiger partial charge in [-0.25, -0.2) is 0 Å². The maximum absolute atomic E-state index is 8.05. The van der Waals surface area contributed by atoms with E-state index in [1.807, 2.05) is 0 Å². The molecular formula is C32H38OSi2. The Bertz CT molecular complexity index is 959. The van der Waals surface area contributed by atoms with Crippen LogP contribution < -0.4 is 20.7 Å². The highest BCUT2D eigenvalue weighted by Crippen LogP contribution is 2.26. The molecule has 0 heterocycles. The molecule has 0 saturated carbocycles. The molecule has 0 aliphatic heterocycles. The zero-order chi connectivity index (χ0) is 24.4. The molecule has 0 aromatic heterocycles. The minimum absolute atomic E-state index is 1.10. The van der Waals surface area contributed by atoms with Crippen LogP contribution in [0.15, 0.2) is 121 Å². The Kier molecular flexibility index (Phi) is 8.92. The summed E-state index contributed by atoms with van der Waals surface area (Å²) in [6.07, 6.45) is 4.66. The molecule has 0 radical (unpaired) electrons. The molecule has 0 N–H and O–H groups in total. The highest BCUT2D eigenvalue weighted by atomic mass is 28.4. The van der Waals surface area contributed by atoms with Gasteiger partial charge < -0.3 is 4.12 Å². The Morgan fingerprint density at radius 3 is 0.914 bits per heavy atom. The first-order valence-electron chi connectivity index (χ1n) is 13.2. The molecular weight excluding hydrogens is 457 g/mol. The van der Waals surface area contributed by atoms with E-state index >= 15 is 0 Å². The molecule has 0 saturated heterocycles. The van der Waals surface area contributed by atoms with Gasteiger partial charge in [0.2, 0.25) is 16.6 Å². The van der Waals surface area contributed by atoms with E-state index in [-0.39, 0.29) is 0 Å². The standard InChI is InChI=1S/C32H38OSi2/c1-3-5-27-34(29-19-11-7-12-20-29,30-21-13-8-14-22-30)33-35(28-6-4-2,31-23-15-9-16-24-31)32-25-17-10-18-26-32/h7-26H,3-6,27-28H2,1-2H3. The molecule has 0 fully saturated rings. The lowest BCUT2D eigenvalue weighted by atomic mass is 10.4. The highest BCUT2D eigenvalue weighted by Gasteiger charge is 2.49. The molecule has 0 aliphatic carbocycles. The van der Waals surface area contributed by atoms with Gasteiger partial charge in [0.1, 0.15) is 0 Å². The Labute approximate surface area is 214 Å². The summed E-state index contributed by atoms with van der Waals surface area (Å²) < 4.78 is 8.05. The fourth-order valence-corrected chi connectivity index (χ4v) is 16.8. The molecule has 0 aliphatic rings. The van der Waals surface area contributed by atoms with Crippen molar-refractivity contribution in [3.63, 3.8) is 0 Å². The van der Waals surface area contributed by atoms with Crippen molar-refractivity contribution < 1.29 is 4.12 Å². The van der Waals surface area contributed by atoms with Gasteiger partial charge in [-0.1, -0.05) is 161 Å². The van der Waals surface area contributed by atoms with Gasteiger partial charge in [0.05, 0.1) is 0 Å². The highest BCUT2D eigenvalue weighted by molar-refractivity contribution is 7.09. The molecule has 0 unspecified atom stereocenters. The van der Waals surface area contributed by atoms with Gasteiger partial charge in [0.25, 0.3) is 0 Å². The van der Waals surface area contributed by atoms with E-state index in [2.05, 4.69) is 135 Å². The predicted molar refractivity (Wildman–Crippen MR) is 156 cm³/mol. The van der Waals surface area contributed by atoms with Crippen molar-refractivity contribution >= 4 is 37.4 Å². The molecule has 4 aromatic rings. The van der Waals surface area contributed by atoms with Crippen LogP contribution in [0, 0.1) is 0 Å². The third-order valence-corrected chi connectivity index (χ3v) is 17.0. The van der Waals surface area contributed by atoms with E-state index in [0.29, 0.717) is 0 Å². The largest absolute Gasteiger partial charge is 0.442 e. The van der Waals surface area contributed by atoms with Crippen LogP contribution in [0.1, 0.15) is 39.5 Å². The Balaban J connectivity index is 2.01. The van der Waals surface area contributed by atoms with Crippen LogP contribution in [0.2, 0.25) is 12.1 Å². The molecule has 4 rings (SSSR count). The molecule has 4 aromatic carbocycles. The number of unbranched alkanes of at least 4 members (excludes halogenated alkanes) is 2. The Morgan fingerprint density at radius 1 is 0.429 bits per heavy atom. The van der Waals surface area contributed by atoms with Crippen LogP contribution in [0.25, 0.3) is 0 Å². The van der Waals surface area contributed by atoms with Crippen LogP contribution in [-0.4, -0.2) is 16.6 Å². The van der Waals surface area contributed by atoms with Crippen molar-refractivity contribution in [2.75, 3.05) is 0 Å². The first kappa shape index (κ1) is 25.4. The van der Waals surface area contributed by atoms with E-state index < -0.39 is 16.6 Å². The predicted octanol–water partition coefficient (Wildman–Crippen LogP) is 6.12. The van der Waals surface area contributed by atoms with Gasteiger partial charge in [-0.2, -0.15) is 0 Å². The zero-order valence-electron chi connectivity index (χ0n) is 21.2. The normalized spacial score (nSPS) is 11.9. The van der Waals surface area contributed by atoms with E-state index in [1.165, 1.54) is 20.7 Å². The number of hydrogen-bond donors (Lipinski definition) is 0. The Morgan fingerprint density at radius 2 is 0.686 bits per heavy atom. The summed E-state index contributed by atoms with van der Waals surface area (Å²) in [7, 11) is -5.12. The second-order valence-electron chi connectivity index (χ2n) is 9.43. The summed E-state index contributed by atoms with van der Waals surface area (Å²) in [5.41, 5.74) is 0. The fourth-order valence-electron chi connectivity index (χ4n) is 5.23. The molecule has 0 atom stereocenters. The molecule has 35 heavy (non-hydrogen) atoms. The van der Waals surface area contributed by atoms with Crippen molar-refractivity contribution in [1.29, 1.82) is 0 Å². The van der Waals surface area contributed by atoms with E-state index in [1.54, 1.807) is 0 Å². The zero-order valence-corrected chi connectivity index (χ0v) is 23.2. The van der Waals surface area contributed by atoms with Crippen LogP contribution in [0.4, 0.5) is 0 Å². The minimum atomic E-state index is -2.56. The lowest BCUT2D eigenvalue weighted by Crippen LogP contribution is -2.72. The van der Waals surface area contributed by atoms with Crippen molar-refractivity contribution in [3.05, 3.63) is 121 Å². The molecule has 0 bridgehead atoms. The lowest BCUT2D eigenvalue weighted by molar-refractivity contribution is 0.556. The number of hydrogen-bond acceptors (Lipinski definition) is 1. The quantitative estimate of drug-likeness (QED) is 0.216. The summed E-state index contributed by atoms with van der Waals surface area (Å²) in [5.74, 6) is 0. The lowest BCUT2D eigenvalue weighted by Gasteiger charge is -2.44.